The van der Waals surface area contributed by atoms with Gasteiger partial charge >= 0.3 is 6.36 Å². The van der Waals surface area contributed by atoms with Crippen LogP contribution in [0.2, 0.25) is 5.02 Å². The van der Waals surface area contributed by atoms with Crippen LogP contribution in [0.4, 0.5) is 18.9 Å². The normalized spacial score (nSPS) is 14.4. The largest absolute Gasteiger partial charge is 0.573 e. The van der Waals surface area contributed by atoms with Crippen molar-refractivity contribution in [1.29, 1.82) is 0 Å². The second-order valence-corrected chi connectivity index (χ2v) is 10.1. The number of hydrogen-bond donors (Lipinski definition) is 1. The van der Waals surface area contributed by atoms with Crippen molar-refractivity contribution in [2.24, 2.45) is 0 Å². The zero-order chi connectivity index (χ0) is 28.4. The Bertz CT molecular complexity index is 1510. The van der Waals surface area contributed by atoms with Crippen molar-refractivity contribution < 1.29 is 27.4 Å². The number of benzene rings is 2. The van der Waals surface area contributed by atoms with Gasteiger partial charge in [0.25, 0.3) is 5.91 Å². The molecule has 1 aliphatic rings. The summed E-state index contributed by atoms with van der Waals surface area (Å²) in [6.45, 7) is 3.62. The lowest BCUT2D eigenvalue weighted by Gasteiger charge is -2.34. The first kappa shape index (κ1) is 27.6. The third-order valence-electron chi connectivity index (χ3n) is 7.13. The van der Waals surface area contributed by atoms with Crippen molar-refractivity contribution >= 4 is 28.7 Å². The summed E-state index contributed by atoms with van der Waals surface area (Å²) in [5.74, 6) is 0.431. The summed E-state index contributed by atoms with van der Waals surface area (Å²) in [4.78, 5) is 15.2. The fourth-order valence-electron chi connectivity index (χ4n) is 5.13. The molecular formula is C29H28ClF3N4O3. The number of piperidine rings is 1. The molecule has 0 unspecified atom stereocenters. The van der Waals surface area contributed by atoms with Crippen molar-refractivity contribution in [1.82, 2.24) is 14.9 Å². The Kier molecular flexibility index (Phi) is 7.80. The van der Waals surface area contributed by atoms with Gasteiger partial charge in [-0.15, -0.1) is 13.2 Å². The molecule has 11 heteroatoms. The summed E-state index contributed by atoms with van der Waals surface area (Å²) in [6.07, 6.45) is -1.26. The third-order valence-corrected chi connectivity index (χ3v) is 7.43. The van der Waals surface area contributed by atoms with Gasteiger partial charge in [0.2, 0.25) is 0 Å². The Morgan fingerprint density at radius 1 is 1.07 bits per heavy atom. The number of aryl methyl sites for hydroxylation is 1. The number of nitrogens with one attached hydrogen (secondary N) is 1. The average Bonchev–Trinajstić information content (AvgIpc) is 3.26. The SMILES string of the molecule is COc1ccn2nc(C)c(C(=O)NCc3ccc(N4CCC(c5ccc(OC(F)(F)F)cc5)CC4)c(Cl)c3)c2c1. The Hall–Kier alpha value is -3.92. The smallest absolute Gasteiger partial charge is 0.497 e. The summed E-state index contributed by atoms with van der Waals surface area (Å²) < 4.78 is 48.2. The van der Waals surface area contributed by atoms with Gasteiger partial charge in [-0.2, -0.15) is 5.10 Å². The van der Waals surface area contributed by atoms with E-state index < -0.39 is 6.36 Å². The number of halogens is 4. The van der Waals surface area contributed by atoms with Crippen molar-refractivity contribution in [3.63, 3.8) is 0 Å². The zero-order valence-electron chi connectivity index (χ0n) is 22.0. The summed E-state index contributed by atoms with van der Waals surface area (Å²) in [6, 6.07) is 15.4. The summed E-state index contributed by atoms with van der Waals surface area (Å²) in [5, 5.41) is 7.97. The number of fused-ring (bicyclic) bond motifs is 1. The van der Waals surface area contributed by atoms with Gasteiger partial charge in [0.1, 0.15) is 11.5 Å². The van der Waals surface area contributed by atoms with Gasteiger partial charge in [-0.3, -0.25) is 4.79 Å². The van der Waals surface area contributed by atoms with Crippen LogP contribution in [-0.4, -0.2) is 42.1 Å². The molecule has 0 aliphatic carbocycles. The number of methoxy groups -OCH3 is 1. The molecule has 3 heterocycles. The molecule has 2 aromatic carbocycles. The monoisotopic (exact) mass is 572 g/mol. The molecule has 4 aromatic rings. The van der Waals surface area contributed by atoms with Gasteiger partial charge in [0.05, 0.1) is 34.6 Å². The lowest BCUT2D eigenvalue weighted by molar-refractivity contribution is -0.274. The Labute approximate surface area is 234 Å². The van der Waals surface area contributed by atoms with Crippen molar-refractivity contribution in [2.45, 2.75) is 38.6 Å². The quantitative estimate of drug-likeness (QED) is 0.273. The van der Waals surface area contributed by atoms with Crippen LogP contribution in [-0.2, 0) is 6.54 Å². The van der Waals surface area contributed by atoms with Gasteiger partial charge in [-0.25, -0.2) is 4.52 Å². The zero-order valence-corrected chi connectivity index (χ0v) is 22.7. The van der Waals surface area contributed by atoms with E-state index in [0.717, 1.165) is 42.7 Å². The molecule has 1 saturated heterocycles. The molecular weight excluding hydrogens is 545 g/mol. The third kappa shape index (κ3) is 6.12. The number of pyridine rings is 1. The van der Waals surface area contributed by atoms with Gasteiger partial charge in [0, 0.05) is 31.9 Å². The van der Waals surface area contributed by atoms with Crippen LogP contribution in [0.15, 0.2) is 60.8 Å². The first-order valence-electron chi connectivity index (χ1n) is 12.8. The standard InChI is InChI=1S/C29H28ClF3N4O3/c1-18-27(26-16-23(39-2)11-14-37(26)35-18)28(38)34-17-19-3-8-25(24(30)15-19)36-12-9-21(10-13-36)20-4-6-22(7-5-20)40-29(31,32)33/h3-8,11,14-16,21H,9-10,12-13,17H2,1-2H3,(H,34,38). The molecule has 1 N–H and O–H groups in total. The minimum atomic E-state index is -4.70. The fourth-order valence-corrected chi connectivity index (χ4v) is 5.46. The molecule has 0 spiro atoms. The maximum absolute atomic E-state index is 13.0. The Balaban J connectivity index is 1.18. The van der Waals surface area contributed by atoms with Crippen molar-refractivity contribution in [3.05, 3.63) is 88.2 Å². The van der Waals surface area contributed by atoms with E-state index in [0.29, 0.717) is 34.1 Å². The number of ether oxygens (including phenoxy) is 2. The molecule has 1 fully saturated rings. The van der Waals surface area contributed by atoms with Gasteiger partial charge < -0.3 is 19.7 Å². The molecule has 210 valence electrons. The average molecular weight is 573 g/mol. The number of carbonyl (C=O) groups excluding carboxylic acids is 1. The van der Waals surface area contributed by atoms with Crippen molar-refractivity contribution in [3.8, 4) is 11.5 Å². The number of anilines is 1. The van der Waals surface area contributed by atoms with E-state index in [4.69, 9.17) is 16.3 Å². The number of nitrogens with zero attached hydrogens (tertiary/aromatic N) is 3. The fraction of sp³-hybridized carbons (Fsp3) is 0.310. The van der Waals surface area contributed by atoms with Crippen LogP contribution < -0.4 is 19.7 Å². The highest BCUT2D eigenvalue weighted by Crippen LogP contribution is 2.35. The van der Waals surface area contributed by atoms with Gasteiger partial charge in [0.15, 0.2) is 0 Å². The molecule has 1 amide bonds. The van der Waals surface area contributed by atoms with E-state index in [1.165, 1.54) is 12.1 Å². The molecule has 1 aliphatic heterocycles. The molecule has 7 nitrogen and oxygen atoms in total. The first-order valence-corrected chi connectivity index (χ1v) is 13.2. The van der Waals surface area contributed by atoms with Crippen LogP contribution in [0, 0.1) is 6.92 Å². The molecule has 0 radical (unpaired) electrons. The summed E-state index contributed by atoms with van der Waals surface area (Å²) >= 11 is 6.65. The van der Waals surface area contributed by atoms with Crippen LogP contribution in [0.5, 0.6) is 11.5 Å². The highest BCUT2D eigenvalue weighted by atomic mass is 35.5. The molecule has 0 bridgehead atoms. The molecule has 2 aromatic heterocycles. The number of aromatic nitrogens is 2. The first-order chi connectivity index (χ1) is 19.1. The van der Waals surface area contributed by atoms with Crippen LogP contribution in [0.3, 0.4) is 0 Å². The highest BCUT2D eigenvalue weighted by molar-refractivity contribution is 6.33. The lowest BCUT2D eigenvalue weighted by Crippen LogP contribution is -2.33. The van der Waals surface area contributed by atoms with E-state index in [-0.39, 0.29) is 17.6 Å². The van der Waals surface area contributed by atoms with Crippen molar-refractivity contribution in [2.75, 3.05) is 25.1 Å². The minimum absolute atomic E-state index is 0.217. The number of rotatable bonds is 7. The van der Waals surface area contributed by atoms with Gasteiger partial charge in [-0.1, -0.05) is 29.8 Å². The summed E-state index contributed by atoms with van der Waals surface area (Å²) in [7, 11) is 1.57. The van der Waals surface area contributed by atoms with E-state index >= 15 is 0 Å². The van der Waals surface area contributed by atoms with Crippen LogP contribution in [0.25, 0.3) is 5.52 Å². The number of carbonyl (C=O) groups is 1. The maximum Gasteiger partial charge on any atom is 0.573 e. The van der Waals surface area contributed by atoms with E-state index in [2.05, 4.69) is 20.1 Å². The number of hydrogen-bond acceptors (Lipinski definition) is 5. The second-order valence-electron chi connectivity index (χ2n) is 9.70. The topological polar surface area (TPSA) is 68.1 Å². The maximum atomic E-state index is 13.0. The second kappa shape index (κ2) is 11.3. The summed E-state index contributed by atoms with van der Waals surface area (Å²) in [5.41, 5.74) is 4.54. The molecule has 5 rings (SSSR count). The van der Waals surface area contributed by atoms with Gasteiger partial charge in [-0.05, 0) is 67.1 Å². The van der Waals surface area contributed by atoms with E-state index in [9.17, 15) is 18.0 Å². The molecule has 0 atom stereocenters. The lowest BCUT2D eigenvalue weighted by atomic mass is 9.89. The number of alkyl halides is 3. The predicted molar refractivity (Wildman–Crippen MR) is 146 cm³/mol. The van der Waals surface area contributed by atoms with E-state index in [1.54, 1.807) is 49.0 Å². The highest BCUT2D eigenvalue weighted by Gasteiger charge is 2.31. The Morgan fingerprint density at radius 3 is 2.45 bits per heavy atom. The van der Waals surface area contributed by atoms with Crippen LogP contribution in [0.1, 0.15) is 45.9 Å². The van der Waals surface area contributed by atoms with E-state index in [1.807, 2.05) is 18.2 Å². The number of amides is 1. The molecule has 40 heavy (non-hydrogen) atoms. The Morgan fingerprint density at radius 2 is 1.80 bits per heavy atom. The van der Waals surface area contributed by atoms with Crippen LogP contribution >= 0.6 is 11.6 Å². The predicted octanol–water partition coefficient (Wildman–Crippen LogP) is 6.52. The molecule has 0 saturated carbocycles. The minimum Gasteiger partial charge on any atom is -0.497 e.